The van der Waals surface area contributed by atoms with Gasteiger partial charge in [-0.05, 0) is 36.2 Å². The molecule has 2 amide bonds. The molecule has 9 nitrogen and oxygen atoms in total. The molecule has 198 valence electrons. The summed E-state index contributed by atoms with van der Waals surface area (Å²) in [6, 6.07) is 6.04. The molecule has 0 aliphatic carbocycles. The third-order valence-corrected chi connectivity index (χ3v) is 7.05. The summed E-state index contributed by atoms with van der Waals surface area (Å²) in [6.45, 7) is 1.83. The van der Waals surface area contributed by atoms with Gasteiger partial charge in [-0.1, -0.05) is 34.8 Å². The lowest BCUT2D eigenvalue weighted by Gasteiger charge is -2.16. The van der Waals surface area contributed by atoms with Gasteiger partial charge in [-0.2, -0.15) is 0 Å². The van der Waals surface area contributed by atoms with Gasteiger partial charge in [0.2, 0.25) is 0 Å². The van der Waals surface area contributed by atoms with Crippen molar-refractivity contribution < 1.29 is 24.2 Å². The highest BCUT2D eigenvalue weighted by Crippen LogP contribution is 2.35. The van der Waals surface area contributed by atoms with Crippen LogP contribution in [0.4, 0.5) is 11.5 Å². The van der Waals surface area contributed by atoms with Gasteiger partial charge >= 0.3 is 0 Å². The van der Waals surface area contributed by atoms with Crippen molar-refractivity contribution in [1.29, 1.82) is 0 Å². The minimum absolute atomic E-state index is 0.0294. The van der Waals surface area contributed by atoms with Gasteiger partial charge in [-0.3, -0.25) is 14.5 Å². The minimum atomic E-state index is -0.561. The first-order valence-corrected chi connectivity index (χ1v) is 13.0. The molecule has 0 fully saturated rings. The predicted octanol–water partition coefficient (Wildman–Crippen LogP) is 5.06. The Hall–Kier alpha value is -2.44. The molecule has 2 heterocycles. The van der Waals surface area contributed by atoms with E-state index in [1.807, 2.05) is 11.9 Å². The molecule has 13 heteroatoms. The van der Waals surface area contributed by atoms with Crippen LogP contribution in [0.3, 0.4) is 0 Å². The van der Waals surface area contributed by atoms with Gasteiger partial charge in [0, 0.05) is 30.4 Å². The molecule has 0 saturated carbocycles. The van der Waals surface area contributed by atoms with Crippen molar-refractivity contribution in [2.24, 2.45) is 0 Å². The number of rotatable bonds is 12. The third kappa shape index (κ3) is 8.02. The molecule has 0 aliphatic rings. The van der Waals surface area contributed by atoms with Crippen LogP contribution in [-0.2, 0) is 11.3 Å². The van der Waals surface area contributed by atoms with E-state index in [-0.39, 0.29) is 45.9 Å². The number of hydrogen-bond donors (Lipinski definition) is 3. The molecule has 0 radical (unpaired) electrons. The van der Waals surface area contributed by atoms with E-state index in [4.69, 9.17) is 49.4 Å². The molecule has 3 aromatic rings. The lowest BCUT2D eigenvalue weighted by molar-refractivity contribution is 0.0773. The SMILES string of the molecule is COc1cc(Cl)cc(C(=O)Nc2ccc(Cl)cn2)c1NC(=O)c1scc(CN(C)CCOCCO)c1Cl. The van der Waals surface area contributed by atoms with Crippen molar-refractivity contribution in [3.63, 3.8) is 0 Å². The second-order valence-electron chi connectivity index (χ2n) is 7.78. The zero-order valence-corrected chi connectivity index (χ0v) is 23.1. The van der Waals surface area contributed by atoms with Crippen LogP contribution in [0, 0.1) is 0 Å². The second kappa shape index (κ2) is 13.9. The lowest BCUT2D eigenvalue weighted by atomic mass is 10.1. The summed E-state index contributed by atoms with van der Waals surface area (Å²) < 4.78 is 10.7. The Labute approximate surface area is 233 Å². The number of anilines is 2. The first kappa shape index (κ1) is 29.1. The van der Waals surface area contributed by atoms with Gasteiger partial charge in [0.25, 0.3) is 11.8 Å². The maximum Gasteiger partial charge on any atom is 0.267 e. The number of pyridine rings is 1. The van der Waals surface area contributed by atoms with Gasteiger partial charge in [-0.15, -0.1) is 11.3 Å². The highest BCUT2D eigenvalue weighted by molar-refractivity contribution is 7.13. The maximum absolute atomic E-state index is 13.2. The highest BCUT2D eigenvalue weighted by Gasteiger charge is 2.23. The Morgan fingerprint density at radius 2 is 1.89 bits per heavy atom. The highest BCUT2D eigenvalue weighted by atomic mass is 35.5. The van der Waals surface area contributed by atoms with Gasteiger partial charge in [0.1, 0.15) is 16.4 Å². The number of methoxy groups -OCH3 is 1. The van der Waals surface area contributed by atoms with Crippen molar-refractivity contribution >= 4 is 69.5 Å². The first-order valence-electron chi connectivity index (χ1n) is 11.0. The van der Waals surface area contributed by atoms with E-state index < -0.39 is 11.8 Å². The fraction of sp³-hybridized carbons (Fsp3) is 0.292. The Kier molecular flexibility index (Phi) is 11.0. The predicted molar refractivity (Wildman–Crippen MR) is 147 cm³/mol. The summed E-state index contributed by atoms with van der Waals surface area (Å²) in [6.07, 6.45) is 1.40. The molecule has 3 rings (SSSR count). The normalized spacial score (nSPS) is 11.0. The van der Waals surface area contributed by atoms with Crippen molar-refractivity contribution in [2.45, 2.75) is 6.54 Å². The number of thiophene rings is 1. The number of aliphatic hydroxyl groups is 1. The molecule has 0 saturated heterocycles. The fourth-order valence-electron chi connectivity index (χ4n) is 3.25. The van der Waals surface area contributed by atoms with Gasteiger partial charge in [0.15, 0.2) is 0 Å². The number of likely N-dealkylation sites (N-methyl/N-ethyl adjacent to an activating group) is 1. The average Bonchev–Trinajstić information content (AvgIpc) is 3.23. The summed E-state index contributed by atoms with van der Waals surface area (Å²) in [5.74, 6) is -0.601. The molecular formula is C24H25Cl3N4O5S. The zero-order chi connectivity index (χ0) is 26.9. The average molecular weight is 588 g/mol. The smallest absolute Gasteiger partial charge is 0.267 e. The Morgan fingerprint density at radius 3 is 2.57 bits per heavy atom. The second-order valence-corrected chi connectivity index (χ2v) is 9.91. The van der Waals surface area contributed by atoms with Crippen LogP contribution in [-0.4, -0.2) is 67.3 Å². The molecule has 0 aliphatic heterocycles. The molecule has 37 heavy (non-hydrogen) atoms. The van der Waals surface area contributed by atoms with Crippen LogP contribution in [0.15, 0.2) is 35.8 Å². The lowest BCUT2D eigenvalue weighted by Crippen LogP contribution is -2.23. The standard InChI is InChI=1S/C24H25Cl3N4O5S/c1-31(5-7-36-8-6-32)12-14-13-37-22(20(14)27)24(34)30-21-17(9-16(26)10-18(21)35-2)23(33)29-19-4-3-15(25)11-28-19/h3-4,9-11,13,32H,5-8,12H2,1-2H3,(H,30,34)(H,28,29,33). The van der Waals surface area contributed by atoms with E-state index in [1.54, 1.807) is 17.5 Å². The molecule has 0 bridgehead atoms. The molecular weight excluding hydrogens is 563 g/mol. The summed E-state index contributed by atoms with van der Waals surface area (Å²) >= 11 is 19.8. The topological polar surface area (TPSA) is 113 Å². The van der Waals surface area contributed by atoms with Crippen LogP contribution >= 0.6 is 46.1 Å². The van der Waals surface area contributed by atoms with Gasteiger partial charge in [0.05, 0.1) is 48.2 Å². The van der Waals surface area contributed by atoms with Crippen molar-refractivity contribution in [3.8, 4) is 5.75 Å². The number of nitrogens with one attached hydrogen (secondary N) is 2. The first-order chi connectivity index (χ1) is 17.7. The number of amides is 2. The molecule has 2 aromatic heterocycles. The number of nitrogens with zero attached hydrogens (tertiary/aromatic N) is 2. The fourth-order valence-corrected chi connectivity index (χ4v) is 4.81. The Balaban J connectivity index is 1.79. The van der Waals surface area contributed by atoms with E-state index in [0.29, 0.717) is 29.7 Å². The number of benzene rings is 1. The maximum atomic E-state index is 13.2. The molecule has 0 spiro atoms. The van der Waals surface area contributed by atoms with Crippen molar-refractivity contribution in [1.82, 2.24) is 9.88 Å². The number of carbonyl (C=O) groups excluding carboxylic acids is 2. The van der Waals surface area contributed by atoms with Crippen LogP contribution in [0.25, 0.3) is 0 Å². The van der Waals surface area contributed by atoms with Crippen LogP contribution in [0.5, 0.6) is 5.75 Å². The number of halogens is 3. The van der Waals surface area contributed by atoms with Gasteiger partial charge < -0.3 is 25.2 Å². The van der Waals surface area contributed by atoms with E-state index in [2.05, 4.69) is 15.6 Å². The molecule has 3 N–H and O–H groups in total. The molecule has 1 aromatic carbocycles. The minimum Gasteiger partial charge on any atom is -0.494 e. The summed E-state index contributed by atoms with van der Waals surface area (Å²) in [5.41, 5.74) is 0.980. The summed E-state index contributed by atoms with van der Waals surface area (Å²) in [5, 5.41) is 17.0. The van der Waals surface area contributed by atoms with E-state index >= 15 is 0 Å². The number of hydrogen-bond acceptors (Lipinski definition) is 8. The number of aromatic nitrogens is 1. The van der Waals surface area contributed by atoms with E-state index in [0.717, 1.165) is 5.56 Å². The third-order valence-electron chi connectivity index (χ3n) is 5.04. The van der Waals surface area contributed by atoms with Crippen molar-refractivity contribution in [3.05, 3.63) is 66.9 Å². The Morgan fingerprint density at radius 1 is 1.11 bits per heavy atom. The summed E-state index contributed by atoms with van der Waals surface area (Å²) in [7, 11) is 3.30. The number of carbonyl (C=O) groups is 2. The van der Waals surface area contributed by atoms with Crippen LogP contribution in [0.2, 0.25) is 15.1 Å². The largest absolute Gasteiger partial charge is 0.494 e. The van der Waals surface area contributed by atoms with Crippen LogP contribution < -0.4 is 15.4 Å². The number of ether oxygens (including phenoxy) is 2. The zero-order valence-electron chi connectivity index (χ0n) is 20.0. The van der Waals surface area contributed by atoms with Gasteiger partial charge in [-0.25, -0.2) is 4.98 Å². The van der Waals surface area contributed by atoms with E-state index in [9.17, 15) is 9.59 Å². The quantitative estimate of drug-likeness (QED) is 0.254. The number of aliphatic hydroxyl groups excluding tert-OH is 1. The molecule has 0 unspecified atom stereocenters. The summed E-state index contributed by atoms with van der Waals surface area (Å²) in [4.78, 5) is 32.6. The van der Waals surface area contributed by atoms with E-state index in [1.165, 1.54) is 36.8 Å². The Bertz CT molecular complexity index is 1240. The monoisotopic (exact) mass is 586 g/mol. The van der Waals surface area contributed by atoms with Crippen LogP contribution in [0.1, 0.15) is 25.6 Å². The molecule has 0 atom stereocenters. The van der Waals surface area contributed by atoms with Crippen molar-refractivity contribution in [2.75, 3.05) is 51.2 Å².